The maximum Gasteiger partial charge on any atom is 0.344 e. The fourth-order valence-corrected chi connectivity index (χ4v) is 3.35. The molecule has 1 amide bonds. The number of anilines is 1. The Morgan fingerprint density at radius 1 is 1.50 bits per heavy atom. The third-order valence-electron chi connectivity index (χ3n) is 3.88. The second-order valence-electron chi connectivity index (χ2n) is 5.71. The standard InChI is InChI=1S/C16H20N4O3S/c1-11-5-2-3-7-13(11)17-14(21)10-24-16-19-18-15(22)20(16)9-12-6-4-8-23-12/h2-3,5,7,12H,4,6,8-10H2,1H3,(H,17,21)(H,18,22). The SMILES string of the molecule is Cc1ccccc1NC(=O)CSc1n[nH]c(=O)n1CC1CCCO1. The Kier molecular flexibility index (Phi) is 5.37. The fraction of sp³-hybridized carbons (Fsp3) is 0.438. The van der Waals surface area contributed by atoms with Gasteiger partial charge < -0.3 is 10.1 Å². The number of aromatic amines is 1. The Balaban J connectivity index is 1.59. The van der Waals surface area contributed by atoms with Gasteiger partial charge in [-0.15, -0.1) is 5.10 Å². The molecule has 0 saturated carbocycles. The summed E-state index contributed by atoms with van der Waals surface area (Å²) in [7, 11) is 0. The van der Waals surface area contributed by atoms with E-state index < -0.39 is 0 Å². The van der Waals surface area contributed by atoms with Crippen LogP contribution in [0.3, 0.4) is 0 Å². The fourth-order valence-electron chi connectivity index (χ4n) is 2.60. The summed E-state index contributed by atoms with van der Waals surface area (Å²) < 4.78 is 7.11. The van der Waals surface area contributed by atoms with Crippen molar-refractivity contribution in [1.29, 1.82) is 0 Å². The molecule has 1 aromatic heterocycles. The minimum atomic E-state index is -0.271. The third-order valence-corrected chi connectivity index (χ3v) is 4.86. The average molecular weight is 348 g/mol. The number of hydrogen-bond acceptors (Lipinski definition) is 5. The van der Waals surface area contributed by atoms with E-state index in [0.717, 1.165) is 30.7 Å². The summed E-state index contributed by atoms with van der Waals surface area (Å²) in [6.45, 7) is 3.14. The predicted octanol–water partition coefficient (Wildman–Crippen LogP) is 1.79. The number of aryl methyl sites for hydroxylation is 1. The molecule has 1 aromatic carbocycles. The van der Waals surface area contributed by atoms with Crippen LogP contribution in [0.2, 0.25) is 0 Å². The van der Waals surface area contributed by atoms with Crippen molar-refractivity contribution in [2.24, 2.45) is 0 Å². The number of H-pyrrole nitrogens is 1. The van der Waals surface area contributed by atoms with Crippen LogP contribution < -0.4 is 11.0 Å². The molecule has 128 valence electrons. The molecule has 0 bridgehead atoms. The molecule has 2 aromatic rings. The van der Waals surface area contributed by atoms with Crippen LogP contribution in [-0.4, -0.2) is 39.1 Å². The van der Waals surface area contributed by atoms with Gasteiger partial charge in [0.2, 0.25) is 5.91 Å². The van der Waals surface area contributed by atoms with Gasteiger partial charge in [-0.1, -0.05) is 30.0 Å². The lowest BCUT2D eigenvalue weighted by Gasteiger charge is -2.11. The molecular formula is C16H20N4O3S. The van der Waals surface area contributed by atoms with E-state index in [4.69, 9.17) is 4.74 Å². The lowest BCUT2D eigenvalue weighted by Crippen LogP contribution is -2.25. The molecule has 0 radical (unpaired) electrons. The first-order valence-corrected chi connectivity index (χ1v) is 8.87. The Morgan fingerprint density at radius 2 is 2.33 bits per heavy atom. The van der Waals surface area contributed by atoms with E-state index in [1.54, 1.807) is 4.57 Å². The molecule has 0 aliphatic carbocycles. The maximum absolute atomic E-state index is 12.1. The molecule has 2 heterocycles. The summed E-state index contributed by atoms with van der Waals surface area (Å²) in [4.78, 5) is 24.0. The second-order valence-corrected chi connectivity index (χ2v) is 6.65. The van der Waals surface area contributed by atoms with Gasteiger partial charge in [-0.2, -0.15) is 0 Å². The highest BCUT2D eigenvalue weighted by molar-refractivity contribution is 7.99. The largest absolute Gasteiger partial charge is 0.376 e. The highest BCUT2D eigenvalue weighted by Crippen LogP contribution is 2.19. The zero-order valence-electron chi connectivity index (χ0n) is 13.4. The molecule has 1 atom stereocenters. The Bertz CT molecular complexity index is 765. The van der Waals surface area contributed by atoms with Crippen molar-refractivity contribution in [3.05, 3.63) is 40.3 Å². The number of ether oxygens (including phenoxy) is 1. The summed E-state index contributed by atoms with van der Waals surface area (Å²) in [6, 6.07) is 7.60. The Hall–Kier alpha value is -2.06. The topological polar surface area (TPSA) is 89.0 Å². The van der Waals surface area contributed by atoms with Gasteiger partial charge in [-0.3, -0.25) is 9.36 Å². The molecule has 8 heteroatoms. The first kappa shape index (κ1) is 16.8. The molecule has 1 saturated heterocycles. The Morgan fingerprint density at radius 3 is 3.08 bits per heavy atom. The van der Waals surface area contributed by atoms with Gasteiger partial charge in [0.05, 0.1) is 18.4 Å². The van der Waals surface area contributed by atoms with Crippen LogP contribution in [0.1, 0.15) is 18.4 Å². The highest BCUT2D eigenvalue weighted by atomic mass is 32.2. The normalized spacial score (nSPS) is 17.1. The number of para-hydroxylation sites is 1. The van der Waals surface area contributed by atoms with E-state index in [1.165, 1.54) is 11.8 Å². The van der Waals surface area contributed by atoms with E-state index in [9.17, 15) is 9.59 Å². The van der Waals surface area contributed by atoms with Crippen LogP contribution >= 0.6 is 11.8 Å². The van der Waals surface area contributed by atoms with Crippen LogP contribution in [0.15, 0.2) is 34.2 Å². The van der Waals surface area contributed by atoms with Gasteiger partial charge in [0.15, 0.2) is 5.16 Å². The van der Waals surface area contributed by atoms with Gasteiger partial charge in [0.1, 0.15) is 0 Å². The van der Waals surface area contributed by atoms with Gasteiger partial charge in [-0.05, 0) is 31.4 Å². The third kappa shape index (κ3) is 4.07. The quantitative estimate of drug-likeness (QED) is 0.777. The number of benzene rings is 1. The van der Waals surface area contributed by atoms with E-state index in [0.29, 0.717) is 11.7 Å². The lowest BCUT2D eigenvalue weighted by molar-refractivity contribution is -0.113. The molecule has 2 N–H and O–H groups in total. The summed E-state index contributed by atoms with van der Waals surface area (Å²) in [5.74, 6) is 0.0536. The number of hydrogen-bond donors (Lipinski definition) is 2. The van der Waals surface area contributed by atoms with Crippen LogP contribution in [0, 0.1) is 6.92 Å². The summed E-state index contributed by atoms with van der Waals surface area (Å²) in [5, 5.41) is 9.83. The molecule has 1 fully saturated rings. The average Bonchev–Trinajstić information content (AvgIpc) is 3.19. The van der Waals surface area contributed by atoms with Crippen LogP contribution in [0.25, 0.3) is 0 Å². The molecule has 1 aliphatic heterocycles. The summed E-state index contributed by atoms with van der Waals surface area (Å²) in [6.07, 6.45) is 1.99. The minimum Gasteiger partial charge on any atom is -0.376 e. The maximum atomic E-state index is 12.1. The molecule has 1 aliphatic rings. The summed E-state index contributed by atoms with van der Waals surface area (Å²) in [5.41, 5.74) is 1.53. The van der Waals surface area contributed by atoms with Crippen LogP contribution in [-0.2, 0) is 16.1 Å². The number of thioether (sulfide) groups is 1. The zero-order valence-corrected chi connectivity index (χ0v) is 14.3. The number of nitrogens with one attached hydrogen (secondary N) is 2. The number of rotatable bonds is 6. The monoisotopic (exact) mass is 348 g/mol. The lowest BCUT2D eigenvalue weighted by atomic mass is 10.2. The number of carbonyl (C=O) groups is 1. The van der Waals surface area contributed by atoms with Crippen molar-refractivity contribution in [2.75, 3.05) is 17.7 Å². The number of aromatic nitrogens is 3. The molecule has 0 spiro atoms. The van der Waals surface area contributed by atoms with Gasteiger partial charge in [0.25, 0.3) is 0 Å². The number of carbonyl (C=O) groups excluding carboxylic acids is 1. The van der Waals surface area contributed by atoms with E-state index in [1.807, 2.05) is 31.2 Å². The predicted molar refractivity (Wildman–Crippen MR) is 92.4 cm³/mol. The van der Waals surface area contributed by atoms with Gasteiger partial charge >= 0.3 is 5.69 Å². The van der Waals surface area contributed by atoms with Crippen LogP contribution in [0.4, 0.5) is 5.69 Å². The van der Waals surface area contributed by atoms with Crippen molar-refractivity contribution < 1.29 is 9.53 Å². The molecule has 1 unspecified atom stereocenters. The van der Waals surface area contributed by atoms with E-state index >= 15 is 0 Å². The highest BCUT2D eigenvalue weighted by Gasteiger charge is 2.20. The van der Waals surface area contributed by atoms with Crippen LogP contribution in [0.5, 0.6) is 0 Å². The second kappa shape index (κ2) is 7.67. The van der Waals surface area contributed by atoms with Crippen molar-refractivity contribution >= 4 is 23.4 Å². The molecule has 3 rings (SSSR count). The summed E-state index contributed by atoms with van der Waals surface area (Å²) >= 11 is 1.24. The molecule has 24 heavy (non-hydrogen) atoms. The molecule has 7 nitrogen and oxygen atoms in total. The molecular weight excluding hydrogens is 328 g/mol. The minimum absolute atomic E-state index is 0.0421. The van der Waals surface area contributed by atoms with E-state index in [-0.39, 0.29) is 23.5 Å². The zero-order chi connectivity index (χ0) is 16.9. The number of amides is 1. The first-order chi connectivity index (χ1) is 11.6. The Labute approximate surface area is 143 Å². The number of nitrogens with zero attached hydrogens (tertiary/aromatic N) is 2. The van der Waals surface area contributed by atoms with E-state index in [2.05, 4.69) is 15.5 Å². The van der Waals surface area contributed by atoms with Crippen molar-refractivity contribution in [3.8, 4) is 0 Å². The van der Waals surface area contributed by atoms with Gasteiger partial charge in [0, 0.05) is 12.3 Å². The van der Waals surface area contributed by atoms with Crippen molar-refractivity contribution in [1.82, 2.24) is 14.8 Å². The smallest absolute Gasteiger partial charge is 0.344 e. The van der Waals surface area contributed by atoms with Gasteiger partial charge in [-0.25, -0.2) is 9.89 Å². The van der Waals surface area contributed by atoms with Crippen molar-refractivity contribution in [3.63, 3.8) is 0 Å². The first-order valence-electron chi connectivity index (χ1n) is 7.88. The van der Waals surface area contributed by atoms with Crippen molar-refractivity contribution in [2.45, 2.75) is 37.6 Å².